The van der Waals surface area contributed by atoms with Crippen LogP contribution in [0.15, 0.2) is 0 Å². The Morgan fingerprint density at radius 1 is 1.64 bits per heavy atom. The van der Waals surface area contributed by atoms with Crippen molar-refractivity contribution in [1.29, 1.82) is 0 Å². The van der Waals surface area contributed by atoms with Crippen molar-refractivity contribution in [2.45, 2.75) is 25.3 Å². The second kappa shape index (κ2) is 3.87. The van der Waals surface area contributed by atoms with Crippen molar-refractivity contribution in [3.8, 4) is 0 Å². The fraction of sp³-hybridized carbons (Fsp3) is 0.900. The van der Waals surface area contributed by atoms with Crippen molar-refractivity contribution >= 4 is 5.91 Å². The highest BCUT2D eigenvalue weighted by Crippen LogP contribution is 2.18. The van der Waals surface area contributed by atoms with E-state index in [9.17, 15) is 4.79 Å². The molecule has 80 valence electrons. The Labute approximate surface area is 84.4 Å². The van der Waals surface area contributed by atoms with Crippen LogP contribution in [0.4, 0.5) is 0 Å². The highest BCUT2D eigenvalue weighted by atomic mass is 16.5. The van der Waals surface area contributed by atoms with E-state index in [4.69, 9.17) is 4.74 Å². The Morgan fingerprint density at radius 3 is 2.93 bits per heavy atom. The number of hydrogen-bond acceptors (Lipinski definition) is 3. The van der Waals surface area contributed by atoms with E-state index < -0.39 is 0 Å². The lowest BCUT2D eigenvalue weighted by Gasteiger charge is -2.29. The molecule has 4 heteroatoms. The maximum absolute atomic E-state index is 11.6. The van der Waals surface area contributed by atoms with Gasteiger partial charge in [0.2, 0.25) is 5.91 Å². The summed E-state index contributed by atoms with van der Waals surface area (Å²) in [5, 5.41) is 6.23. The minimum absolute atomic E-state index is 0.117. The van der Waals surface area contributed by atoms with Gasteiger partial charge < -0.3 is 15.4 Å². The molecule has 1 amide bonds. The van der Waals surface area contributed by atoms with Crippen LogP contribution in [0.5, 0.6) is 0 Å². The zero-order valence-corrected chi connectivity index (χ0v) is 8.64. The first-order valence-electron chi connectivity index (χ1n) is 5.27. The van der Waals surface area contributed by atoms with Crippen molar-refractivity contribution in [3.05, 3.63) is 0 Å². The Balaban J connectivity index is 1.75. The summed E-state index contributed by atoms with van der Waals surface area (Å²) in [6.45, 7) is 5.45. The van der Waals surface area contributed by atoms with Gasteiger partial charge in [-0.2, -0.15) is 0 Å². The molecule has 2 saturated heterocycles. The second-order valence-corrected chi connectivity index (χ2v) is 4.64. The molecule has 0 saturated carbocycles. The lowest BCUT2D eigenvalue weighted by molar-refractivity contribution is -0.124. The van der Waals surface area contributed by atoms with Gasteiger partial charge in [-0.25, -0.2) is 0 Å². The minimum atomic E-state index is -0.117. The summed E-state index contributed by atoms with van der Waals surface area (Å²) in [5.41, 5.74) is -0.117. The summed E-state index contributed by atoms with van der Waals surface area (Å²) >= 11 is 0. The molecule has 2 heterocycles. The van der Waals surface area contributed by atoms with E-state index in [-0.39, 0.29) is 11.4 Å². The van der Waals surface area contributed by atoms with E-state index in [1.54, 1.807) is 0 Å². The smallest absolute Gasteiger partial charge is 0.220 e. The molecule has 0 bridgehead atoms. The standard InChI is InChI=1S/C10H18N2O2/c1-10(2-3-14-7-10)12-9(13)4-8-5-11-6-8/h8,11H,2-7H2,1H3,(H,12,13). The largest absolute Gasteiger partial charge is 0.379 e. The third-order valence-corrected chi connectivity index (χ3v) is 3.00. The van der Waals surface area contributed by atoms with Gasteiger partial charge in [0.05, 0.1) is 12.1 Å². The van der Waals surface area contributed by atoms with Crippen LogP contribution in [0.2, 0.25) is 0 Å². The fourth-order valence-electron chi connectivity index (χ4n) is 1.91. The van der Waals surface area contributed by atoms with Crippen LogP contribution in [0.25, 0.3) is 0 Å². The summed E-state index contributed by atoms with van der Waals surface area (Å²) in [5.74, 6) is 0.713. The Bertz CT molecular complexity index is 220. The number of hydrogen-bond donors (Lipinski definition) is 2. The van der Waals surface area contributed by atoms with Crippen LogP contribution in [0.3, 0.4) is 0 Å². The highest BCUT2D eigenvalue weighted by Gasteiger charge is 2.32. The topological polar surface area (TPSA) is 50.4 Å². The quantitative estimate of drug-likeness (QED) is 0.665. The molecule has 0 aliphatic carbocycles. The number of carbonyl (C=O) groups excluding carboxylic acids is 1. The maximum atomic E-state index is 11.6. The molecule has 2 aliphatic heterocycles. The summed E-state index contributed by atoms with van der Waals surface area (Å²) < 4.78 is 5.28. The highest BCUT2D eigenvalue weighted by molar-refractivity contribution is 5.77. The molecular formula is C10H18N2O2. The van der Waals surface area contributed by atoms with Crippen molar-refractivity contribution in [2.75, 3.05) is 26.3 Å². The summed E-state index contributed by atoms with van der Waals surface area (Å²) in [4.78, 5) is 11.6. The van der Waals surface area contributed by atoms with Gasteiger partial charge in [-0.05, 0) is 32.4 Å². The average Bonchev–Trinajstić information content (AvgIpc) is 2.44. The predicted molar refractivity (Wildman–Crippen MR) is 53.0 cm³/mol. The maximum Gasteiger partial charge on any atom is 0.220 e. The van der Waals surface area contributed by atoms with Crippen LogP contribution in [0, 0.1) is 5.92 Å². The molecule has 14 heavy (non-hydrogen) atoms. The predicted octanol–water partition coefficient (Wildman–Crippen LogP) is -0.109. The minimum Gasteiger partial charge on any atom is -0.379 e. The van der Waals surface area contributed by atoms with E-state index in [1.165, 1.54) is 0 Å². The first-order valence-corrected chi connectivity index (χ1v) is 5.27. The van der Waals surface area contributed by atoms with Crippen LogP contribution < -0.4 is 10.6 Å². The van der Waals surface area contributed by atoms with Gasteiger partial charge in [0, 0.05) is 13.0 Å². The molecular weight excluding hydrogens is 180 g/mol. The van der Waals surface area contributed by atoms with E-state index >= 15 is 0 Å². The van der Waals surface area contributed by atoms with Gasteiger partial charge in [-0.1, -0.05) is 0 Å². The van der Waals surface area contributed by atoms with E-state index in [0.717, 1.165) is 26.1 Å². The molecule has 2 rings (SSSR count). The first kappa shape index (κ1) is 9.93. The van der Waals surface area contributed by atoms with E-state index in [0.29, 0.717) is 18.9 Å². The molecule has 4 nitrogen and oxygen atoms in total. The van der Waals surface area contributed by atoms with E-state index in [1.807, 2.05) is 0 Å². The molecule has 0 aromatic heterocycles. The monoisotopic (exact) mass is 198 g/mol. The number of rotatable bonds is 3. The Kier molecular flexibility index (Phi) is 2.74. The zero-order valence-electron chi connectivity index (χ0n) is 8.64. The van der Waals surface area contributed by atoms with Crippen molar-refractivity contribution < 1.29 is 9.53 Å². The second-order valence-electron chi connectivity index (χ2n) is 4.64. The summed E-state index contributed by atoms with van der Waals surface area (Å²) in [6, 6.07) is 0. The normalized spacial score (nSPS) is 32.6. The van der Waals surface area contributed by atoms with Gasteiger partial charge in [0.1, 0.15) is 0 Å². The molecule has 1 unspecified atom stereocenters. The van der Waals surface area contributed by atoms with Gasteiger partial charge in [-0.3, -0.25) is 4.79 Å². The summed E-state index contributed by atoms with van der Waals surface area (Å²) in [6.07, 6.45) is 1.59. The SMILES string of the molecule is CC1(NC(=O)CC2CNC2)CCOC1. The zero-order chi connectivity index (χ0) is 10.0. The molecule has 0 aromatic rings. The average molecular weight is 198 g/mol. The number of carbonyl (C=O) groups is 1. The van der Waals surface area contributed by atoms with Crippen molar-refractivity contribution in [1.82, 2.24) is 10.6 Å². The Hall–Kier alpha value is -0.610. The molecule has 0 aromatic carbocycles. The van der Waals surface area contributed by atoms with Gasteiger partial charge >= 0.3 is 0 Å². The molecule has 2 fully saturated rings. The molecule has 2 aliphatic rings. The number of amides is 1. The van der Waals surface area contributed by atoms with Gasteiger partial charge in [-0.15, -0.1) is 0 Å². The van der Waals surface area contributed by atoms with Gasteiger partial charge in [0.15, 0.2) is 0 Å². The fourth-order valence-corrected chi connectivity index (χ4v) is 1.91. The molecule has 2 N–H and O–H groups in total. The molecule has 0 spiro atoms. The van der Waals surface area contributed by atoms with Crippen LogP contribution in [-0.4, -0.2) is 37.7 Å². The summed E-state index contributed by atoms with van der Waals surface area (Å²) in [7, 11) is 0. The lowest BCUT2D eigenvalue weighted by atomic mass is 9.96. The third kappa shape index (κ3) is 2.25. The first-order chi connectivity index (χ1) is 6.68. The lowest BCUT2D eigenvalue weighted by Crippen LogP contribution is -2.50. The van der Waals surface area contributed by atoms with Crippen molar-refractivity contribution in [2.24, 2.45) is 5.92 Å². The van der Waals surface area contributed by atoms with Crippen LogP contribution >= 0.6 is 0 Å². The van der Waals surface area contributed by atoms with E-state index in [2.05, 4.69) is 17.6 Å². The number of ether oxygens (including phenoxy) is 1. The molecule has 1 atom stereocenters. The van der Waals surface area contributed by atoms with Crippen LogP contribution in [0.1, 0.15) is 19.8 Å². The van der Waals surface area contributed by atoms with Gasteiger partial charge in [0.25, 0.3) is 0 Å². The van der Waals surface area contributed by atoms with Crippen LogP contribution in [-0.2, 0) is 9.53 Å². The third-order valence-electron chi connectivity index (χ3n) is 3.00. The molecule has 0 radical (unpaired) electrons. The van der Waals surface area contributed by atoms with Crippen molar-refractivity contribution in [3.63, 3.8) is 0 Å². The Morgan fingerprint density at radius 2 is 2.43 bits per heavy atom. The number of nitrogens with one attached hydrogen (secondary N) is 2.